The number of benzene rings is 2. The van der Waals surface area contributed by atoms with Gasteiger partial charge in [-0.25, -0.2) is 9.78 Å². The first-order chi connectivity index (χ1) is 10.3. The summed E-state index contributed by atoms with van der Waals surface area (Å²) in [5.41, 5.74) is 2.81. The SMILES string of the molecule is O=C=NC1(c2ccccc2-c2nc3ccccc3s2)CC1. The molecule has 1 fully saturated rings. The van der Waals surface area contributed by atoms with Gasteiger partial charge < -0.3 is 0 Å². The zero-order valence-corrected chi connectivity index (χ0v) is 12.1. The first kappa shape index (κ1) is 12.5. The highest BCUT2D eigenvalue weighted by molar-refractivity contribution is 7.21. The summed E-state index contributed by atoms with van der Waals surface area (Å²) in [6.07, 6.45) is 3.55. The van der Waals surface area contributed by atoms with Crippen LogP contribution in [0.1, 0.15) is 18.4 Å². The second-order valence-electron chi connectivity index (χ2n) is 5.27. The van der Waals surface area contributed by atoms with Crippen molar-refractivity contribution in [1.82, 2.24) is 4.98 Å². The maximum atomic E-state index is 10.7. The summed E-state index contributed by atoms with van der Waals surface area (Å²) >= 11 is 1.68. The predicted molar refractivity (Wildman–Crippen MR) is 84.1 cm³/mol. The van der Waals surface area contributed by atoms with Crippen LogP contribution in [-0.2, 0) is 10.3 Å². The molecule has 21 heavy (non-hydrogen) atoms. The quantitative estimate of drug-likeness (QED) is 0.534. The number of hydrogen-bond acceptors (Lipinski definition) is 4. The molecule has 1 aromatic heterocycles. The Bertz CT molecular complexity index is 840. The van der Waals surface area contributed by atoms with Crippen molar-refractivity contribution in [3.05, 3.63) is 54.1 Å². The molecule has 0 radical (unpaired) electrons. The van der Waals surface area contributed by atoms with E-state index in [9.17, 15) is 4.79 Å². The third kappa shape index (κ3) is 2.00. The van der Waals surface area contributed by atoms with E-state index in [0.29, 0.717) is 0 Å². The molecule has 2 aromatic carbocycles. The lowest BCUT2D eigenvalue weighted by molar-refractivity contribution is 0.556. The smallest absolute Gasteiger partial charge is 0.235 e. The minimum absolute atomic E-state index is 0.365. The van der Waals surface area contributed by atoms with Crippen molar-refractivity contribution in [2.24, 2.45) is 4.99 Å². The van der Waals surface area contributed by atoms with Crippen molar-refractivity contribution in [3.63, 3.8) is 0 Å². The summed E-state index contributed by atoms with van der Waals surface area (Å²) < 4.78 is 1.17. The van der Waals surface area contributed by atoms with Crippen LogP contribution in [0.4, 0.5) is 0 Å². The molecule has 0 amide bonds. The van der Waals surface area contributed by atoms with Gasteiger partial charge >= 0.3 is 0 Å². The van der Waals surface area contributed by atoms with Crippen LogP contribution < -0.4 is 0 Å². The van der Waals surface area contributed by atoms with Crippen LogP contribution in [0.2, 0.25) is 0 Å². The molecule has 0 saturated heterocycles. The molecule has 4 heteroatoms. The molecule has 1 aliphatic carbocycles. The number of hydrogen-bond donors (Lipinski definition) is 0. The standard InChI is InChI=1S/C17H12N2OS/c20-11-18-17(9-10-17)13-6-2-1-5-12(13)16-19-14-7-3-4-8-15(14)21-16/h1-8H,9-10H2. The monoisotopic (exact) mass is 292 g/mol. The van der Waals surface area contributed by atoms with Crippen LogP contribution in [0.3, 0.4) is 0 Å². The summed E-state index contributed by atoms with van der Waals surface area (Å²) in [6, 6.07) is 16.2. The number of rotatable bonds is 3. The summed E-state index contributed by atoms with van der Waals surface area (Å²) in [5.74, 6) is 0. The zero-order chi connectivity index (χ0) is 14.3. The number of fused-ring (bicyclic) bond motifs is 1. The maximum absolute atomic E-state index is 10.7. The molecule has 102 valence electrons. The Hall–Kier alpha value is -2.29. The average molecular weight is 292 g/mol. The Kier molecular flexibility index (Phi) is 2.74. The normalized spacial score (nSPS) is 15.6. The van der Waals surface area contributed by atoms with Gasteiger partial charge in [-0.05, 0) is 30.5 Å². The van der Waals surface area contributed by atoms with E-state index in [0.717, 1.165) is 34.5 Å². The highest BCUT2D eigenvalue weighted by Crippen LogP contribution is 2.52. The Labute approximate surface area is 126 Å². The van der Waals surface area contributed by atoms with E-state index < -0.39 is 0 Å². The average Bonchev–Trinajstić information content (AvgIpc) is 3.17. The molecule has 4 rings (SSSR count). The second kappa shape index (κ2) is 4.62. The lowest BCUT2D eigenvalue weighted by Crippen LogP contribution is -2.04. The van der Waals surface area contributed by atoms with Crippen molar-refractivity contribution in [3.8, 4) is 10.6 Å². The summed E-state index contributed by atoms with van der Waals surface area (Å²) in [4.78, 5) is 19.5. The van der Waals surface area contributed by atoms with Crippen LogP contribution in [0.25, 0.3) is 20.8 Å². The van der Waals surface area contributed by atoms with Crippen molar-refractivity contribution in [1.29, 1.82) is 0 Å². The molecule has 1 heterocycles. The molecule has 0 unspecified atom stereocenters. The van der Waals surface area contributed by atoms with Gasteiger partial charge in [-0.15, -0.1) is 11.3 Å². The Morgan fingerprint density at radius 1 is 1.10 bits per heavy atom. The van der Waals surface area contributed by atoms with E-state index in [1.807, 2.05) is 30.3 Å². The number of carbonyl (C=O) groups excluding carboxylic acids is 1. The van der Waals surface area contributed by atoms with Crippen molar-refractivity contribution >= 4 is 27.6 Å². The van der Waals surface area contributed by atoms with E-state index in [4.69, 9.17) is 4.98 Å². The van der Waals surface area contributed by atoms with Crippen molar-refractivity contribution in [2.75, 3.05) is 0 Å². The van der Waals surface area contributed by atoms with Gasteiger partial charge in [0.1, 0.15) is 5.01 Å². The van der Waals surface area contributed by atoms with Gasteiger partial charge in [0.05, 0.1) is 15.8 Å². The lowest BCUT2D eigenvalue weighted by Gasteiger charge is -2.12. The highest BCUT2D eigenvalue weighted by atomic mass is 32.1. The largest absolute Gasteiger partial charge is 0.236 e. The third-order valence-corrected chi connectivity index (χ3v) is 5.01. The molecule has 0 spiro atoms. The second-order valence-corrected chi connectivity index (χ2v) is 6.30. The van der Waals surface area contributed by atoms with Gasteiger partial charge in [-0.2, -0.15) is 4.99 Å². The van der Waals surface area contributed by atoms with Gasteiger partial charge in [0.15, 0.2) is 0 Å². The summed E-state index contributed by atoms with van der Waals surface area (Å²) in [7, 11) is 0. The van der Waals surface area contributed by atoms with Gasteiger partial charge in [0, 0.05) is 5.56 Å². The molecular weight excluding hydrogens is 280 g/mol. The highest BCUT2D eigenvalue weighted by Gasteiger charge is 2.46. The van der Waals surface area contributed by atoms with E-state index >= 15 is 0 Å². The van der Waals surface area contributed by atoms with Crippen molar-refractivity contribution in [2.45, 2.75) is 18.4 Å². The van der Waals surface area contributed by atoms with Crippen LogP contribution in [0.15, 0.2) is 53.5 Å². The Balaban J connectivity index is 1.91. The zero-order valence-electron chi connectivity index (χ0n) is 11.2. The topological polar surface area (TPSA) is 42.3 Å². The van der Waals surface area contributed by atoms with Gasteiger partial charge in [0.2, 0.25) is 6.08 Å². The van der Waals surface area contributed by atoms with E-state index in [1.165, 1.54) is 4.70 Å². The van der Waals surface area contributed by atoms with Crippen molar-refractivity contribution < 1.29 is 4.79 Å². The van der Waals surface area contributed by atoms with E-state index in [-0.39, 0.29) is 5.54 Å². The van der Waals surface area contributed by atoms with Crippen LogP contribution in [-0.4, -0.2) is 11.1 Å². The van der Waals surface area contributed by atoms with Gasteiger partial charge in [-0.1, -0.05) is 36.4 Å². The number of isocyanates is 1. The molecular formula is C17H12N2OS. The summed E-state index contributed by atoms with van der Waals surface area (Å²) in [6.45, 7) is 0. The first-order valence-electron chi connectivity index (χ1n) is 6.87. The molecule has 3 nitrogen and oxygen atoms in total. The van der Waals surface area contributed by atoms with Crippen LogP contribution in [0, 0.1) is 0 Å². The Morgan fingerprint density at radius 2 is 1.86 bits per heavy atom. The number of para-hydroxylation sites is 1. The third-order valence-electron chi connectivity index (χ3n) is 3.94. The molecule has 0 aliphatic heterocycles. The molecule has 1 saturated carbocycles. The fraction of sp³-hybridized carbons (Fsp3) is 0.176. The van der Waals surface area contributed by atoms with Crippen LogP contribution in [0.5, 0.6) is 0 Å². The number of aromatic nitrogens is 1. The fourth-order valence-corrected chi connectivity index (χ4v) is 3.72. The molecule has 1 aliphatic rings. The minimum atomic E-state index is -0.365. The van der Waals surface area contributed by atoms with E-state index in [1.54, 1.807) is 17.4 Å². The molecule has 3 aromatic rings. The maximum Gasteiger partial charge on any atom is 0.235 e. The van der Waals surface area contributed by atoms with E-state index in [2.05, 4.69) is 23.2 Å². The summed E-state index contributed by atoms with van der Waals surface area (Å²) in [5, 5.41) is 0.985. The number of nitrogens with zero attached hydrogens (tertiary/aromatic N) is 2. The first-order valence-corrected chi connectivity index (χ1v) is 7.69. The predicted octanol–water partition coefficient (Wildman–Crippen LogP) is 4.29. The molecule has 0 N–H and O–H groups in total. The number of aliphatic imine (C=N–C) groups is 1. The number of thiazole rings is 1. The van der Waals surface area contributed by atoms with Gasteiger partial charge in [0.25, 0.3) is 0 Å². The molecule has 0 atom stereocenters. The Morgan fingerprint density at radius 3 is 2.62 bits per heavy atom. The lowest BCUT2D eigenvalue weighted by atomic mass is 9.99. The minimum Gasteiger partial charge on any atom is -0.236 e. The van der Waals surface area contributed by atoms with Crippen LogP contribution >= 0.6 is 11.3 Å². The fourth-order valence-electron chi connectivity index (χ4n) is 2.71. The van der Waals surface area contributed by atoms with Gasteiger partial charge in [-0.3, -0.25) is 0 Å². The molecule has 0 bridgehead atoms.